The largest absolute Gasteiger partial charge is 0.367 e. The molecule has 4 nitrogen and oxygen atoms in total. The summed E-state index contributed by atoms with van der Waals surface area (Å²) in [6.07, 6.45) is 2.43. The van der Waals surface area contributed by atoms with Crippen LogP contribution < -0.4 is 10.6 Å². The molecule has 1 aliphatic rings. The fourth-order valence-corrected chi connectivity index (χ4v) is 2.71. The molecule has 0 radical (unpaired) electrons. The van der Waals surface area contributed by atoms with Crippen molar-refractivity contribution in [1.29, 1.82) is 0 Å². The van der Waals surface area contributed by atoms with Gasteiger partial charge in [-0.1, -0.05) is 17.7 Å². The Bertz CT molecular complexity index is 657. The van der Waals surface area contributed by atoms with Crippen LogP contribution in [0.5, 0.6) is 0 Å². The van der Waals surface area contributed by atoms with Crippen LogP contribution in [-0.4, -0.2) is 16.0 Å². The summed E-state index contributed by atoms with van der Waals surface area (Å²) in [6, 6.07) is 6.55. The Morgan fingerprint density at radius 2 is 1.76 bits per heavy atom. The van der Waals surface area contributed by atoms with Crippen molar-refractivity contribution >= 4 is 28.9 Å². The molecule has 1 fully saturated rings. The number of hydrogen-bond acceptors (Lipinski definition) is 4. The number of halogens is 1. The van der Waals surface area contributed by atoms with Gasteiger partial charge in [0.25, 0.3) is 0 Å². The predicted molar refractivity (Wildman–Crippen MR) is 87.6 cm³/mol. The second-order valence-corrected chi connectivity index (χ2v) is 6.08. The summed E-state index contributed by atoms with van der Waals surface area (Å²) in [5.41, 5.74) is 3.16. The number of rotatable bonds is 4. The van der Waals surface area contributed by atoms with E-state index in [1.54, 1.807) is 0 Å². The van der Waals surface area contributed by atoms with E-state index in [2.05, 4.69) is 26.7 Å². The zero-order chi connectivity index (χ0) is 15.0. The van der Waals surface area contributed by atoms with E-state index in [-0.39, 0.29) is 0 Å². The van der Waals surface area contributed by atoms with Gasteiger partial charge in [-0.2, -0.15) is 0 Å². The summed E-state index contributed by atoms with van der Waals surface area (Å²) in [4.78, 5) is 8.86. The maximum absolute atomic E-state index is 6.34. The standard InChI is InChI=1S/C16H19ClN4/c1-9-6-10(2)16(13(17)7-9)21-15-8-14(18-11(3)19-15)20-12-4-5-12/h6-8,12H,4-5H2,1-3H3,(H2,18,19,20,21). The molecule has 0 saturated heterocycles. The first kappa shape index (κ1) is 14.1. The van der Waals surface area contributed by atoms with Gasteiger partial charge in [0.05, 0.1) is 10.7 Å². The number of aryl methyl sites for hydroxylation is 3. The molecule has 1 aliphatic carbocycles. The molecular weight excluding hydrogens is 284 g/mol. The van der Waals surface area contributed by atoms with Crippen molar-refractivity contribution < 1.29 is 0 Å². The fraction of sp³-hybridized carbons (Fsp3) is 0.375. The summed E-state index contributed by atoms with van der Waals surface area (Å²) in [6.45, 7) is 5.97. The summed E-state index contributed by atoms with van der Waals surface area (Å²) in [5, 5.41) is 7.43. The summed E-state index contributed by atoms with van der Waals surface area (Å²) in [7, 11) is 0. The SMILES string of the molecule is Cc1cc(C)c(Nc2cc(NC3CC3)nc(C)n2)c(Cl)c1. The third-order valence-electron chi connectivity index (χ3n) is 3.45. The maximum atomic E-state index is 6.34. The Morgan fingerprint density at radius 3 is 2.43 bits per heavy atom. The molecule has 1 aromatic carbocycles. The zero-order valence-corrected chi connectivity index (χ0v) is 13.3. The van der Waals surface area contributed by atoms with Crippen LogP contribution in [0.15, 0.2) is 18.2 Å². The van der Waals surface area contributed by atoms with Crippen molar-refractivity contribution in [2.75, 3.05) is 10.6 Å². The van der Waals surface area contributed by atoms with Gasteiger partial charge in [-0.15, -0.1) is 0 Å². The molecule has 0 aliphatic heterocycles. The zero-order valence-electron chi connectivity index (χ0n) is 12.5. The predicted octanol–water partition coefficient (Wildman–Crippen LogP) is 4.37. The topological polar surface area (TPSA) is 49.8 Å². The van der Waals surface area contributed by atoms with Gasteiger partial charge >= 0.3 is 0 Å². The lowest BCUT2D eigenvalue weighted by Gasteiger charge is -2.13. The molecule has 5 heteroatoms. The molecule has 3 rings (SSSR count). The molecule has 0 atom stereocenters. The molecule has 0 spiro atoms. The van der Waals surface area contributed by atoms with Crippen molar-refractivity contribution in [3.8, 4) is 0 Å². The highest BCUT2D eigenvalue weighted by Gasteiger charge is 2.21. The van der Waals surface area contributed by atoms with Crippen LogP contribution in [0.2, 0.25) is 5.02 Å². The van der Waals surface area contributed by atoms with Crippen LogP contribution in [0.4, 0.5) is 17.3 Å². The molecular formula is C16H19ClN4. The maximum Gasteiger partial charge on any atom is 0.136 e. The number of nitrogens with one attached hydrogen (secondary N) is 2. The van der Waals surface area contributed by atoms with Crippen LogP contribution >= 0.6 is 11.6 Å². The first-order valence-corrected chi connectivity index (χ1v) is 7.55. The third-order valence-corrected chi connectivity index (χ3v) is 3.75. The van der Waals surface area contributed by atoms with Crippen LogP contribution in [0.3, 0.4) is 0 Å². The first-order chi connectivity index (χ1) is 10.0. The summed E-state index contributed by atoms with van der Waals surface area (Å²) in [5.74, 6) is 2.37. The van der Waals surface area contributed by atoms with Gasteiger partial charge in [-0.3, -0.25) is 0 Å². The van der Waals surface area contributed by atoms with Gasteiger partial charge in [0.2, 0.25) is 0 Å². The van der Waals surface area contributed by atoms with E-state index in [9.17, 15) is 0 Å². The van der Waals surface area contributed by atoms with Gasteiger partial charge in [0.1, 0.15) is 17.5 Å². The van der Waals surface area contributed by atoms with Gasteiger partial charge < -0.3 is 10.6 Å². The van der Waals surface area contributed by atoms with Crippen molar-refractivity contribution in [3.63, 3.8) is 0 Å². The van der Waals surface area contributed by atoms with Crippen molar-refractivity contribution in [2.45, 2.75) is 39.7 Å². The average molecular weight is 303 g/mol. The Kier molecular flexibility index (Phi) is 3.72. The number of nitrogens with zero attached hydrogens (tertiary/aromatic N) is 2. The highest BCUT2D eigenvalue weighted by atomic mass is 35.5. The lowest BCUT2D eigenvalue weighted by molar-refractivity contribution is 1.02. The first-order valence-electron chi connectivity index (χ1n) is 7.17. The van der Waals surface area contributed by atoms with Crippen LogP contribution in [-0.2, 0) is 0 Å². The molecule has 21 heavy (non-hydrogen) atoms. The summed E-state index contributed by atoms with van der Waals surface area (Å²) < 4.78 is 0. The Morgan fingerprint density at radius 1 is 1.05 bits per heavy atom. The summed E-state index contributed by atoms with van der Waals surface area (Å²) >= 11 is 6.34. The van der Waals surface area contributed by atoms with E-state index in [1.165, 1.54) is 12.8 Å². The molecule has 2 aromatic rings. The minimum atomic E-state index is 0.567. The molecule has 0 amide bonds. The molecule has 1 aromatic heterocycles. The van der Waals surface area contributed by atoms with Gasteiger partial charge in [-0.05, 0) is 50.8 Å². The van der Waals surface area contributed by atoms with Crippen LogP contribution in [0.1, 0.15) is 29.8 Å². The number of hydrogen-bond donors (Lipinski definition) is 2. The van der Waals surface area contributed by atoms with Gasteiger partial charge in [0, 0.05) is 12.1 Å². The molecule has 0 bridgehead atoms. The van der Waals surface area contributed by atoms with Gasteiger partial charge in [0.15, 0.2) is 0 Å². The Balaban J connectivity index is 1.88. The van der Waals surface area contributed by atoms with E-state index in [0.29, 0.717) is 11.1 Å². The van der Waals surface area contributed by atoms with Crippen molar-refractivity contribution in [1.82, 2.24) is 9.97 Å². The highest BCUT2D eigenvalue weighted by molar-refractivity contribution is 6.33. The molecule has 2 N–H and O–H groups in total. The second kappa shape index (κ2) is 5.53. The highest BCUT2D eigenvalue weighted by Crippen LogP contribution is 2.31. The third kappa shape index (κ3) is 3.45. The van der Waals surface area contributed by atoms with E-state index in [4.69, 9.17) is 11.6 Å². The van der Waals surface area contributed by atoms with Crippen LogP contribution in [0, 0.1) is 20.8 Å². The molecule has 1 heterocycles. The average Bonchev–Trinajstić information content (AvgIpc) is 3.17. The second-order valence-electron chi connectivity index (χ2n) is 5.67. The number of anilines is 3. The van der Waals surface area contributed by atoms with Crippen molar-refractivity contribution in [2.24, 2.45) is 0 Å². The van der Waals surface area contributed by atoms with E-state index in [1.807, 2.05) is 32.9 Å². The Labute approximate surface area is 130 Å². The van der Waals surface area contributed by atoms with E-state index in [0.717, 1.165) is 34.3 Å². The lowest BCUT2D eigenvalue weighted by Crippen LogP contribution is -2.06. The monoisotopic (exact) mass is 302 g/mol. The molecule has 110 valence electrons. The number of benzene rings is 1. The van der Waals surface area contributed by atoms with E-state index < -0.39 is 0 Å². The van der Waals surface area contributed by atoms with Crippen molar-refractivity contribution in [3.05, 3.63) is 40.2 Å². The number of aromatic nitrogens is 2. The molecule has 0 unspecified atom stereocenters. The lowest BCUT2D eigenvalue weighted by atomic mass is 10.1. The molecule has 1 saturated carbocycles. The smallest absolute Gasteiger partial charge is 0.136 e. The quantitative estimate of drug-likeness (QED) is 0.880. The Hall–Kier alpha value is -1.81. The fourth-order valence-electron chi connectivity index (χ4n) is 2.34. The normalized spacial score (nSPS) is 14.1. The minimum absolute atomic E-state index is 0.567. The van der Waals surface area contributed by atoms with Gasteiger partial charge in [-0.25, -0.2) is 9.97 Å². The van der Waals surface area contributed by atoms with E-state index >= 15 is 0 Å². The van der Waals surface area contributed by atoms with Crippen LogP contribution in [0.25, 0.3) is 0 Å². The minimum Gasteiger partial charge on any atom is -0.367 e.